The fraction of sp³-hybridized carbons (Fsp3) is 0.714. The Bertz CT molecular complexity index is 467. The first-order valence-corrected chi connectivity index (χ1v) is 7.15. The van der Waals surface area contributed by atoms with Crippen molar-refractivity contribution in [3.63, 3.8) is 0 Å². The van der Waals surface area contributed by atoms with Gasteiger partial charge in [-0.1, -0.05) is 0 Å². The minimum atomic E-state index is -0.0896. The maximum Gasteiger partial charge on any atom is 0.136 e. The molecule has 0 saturated heterocycles. The van der Waals surface area contributed by atoms with Gasteiger partial charge in [0, 0.05) is 25.1 Å². The third-order valence-corrected chi connectivity index (χ3v) is 4.11. The molecule has 5 heteroatoms. The van der Waals surface area contributed by atoms with E-state index in [1.54, 1.807) is 0 Å². The Labute approximate surface area is 113 Å². The number of aliphatic hydroxyl groups excluding tert-OH is 1. The molecular weight excluding hydrogens is 240 g/mol. The molecule has 0 aromatic carbocycles. The fourth-order valence-electron chi connectivity index (χ4n) is 2.58. The predicted octanol–water partition coefficient (Wildman–Crippen LogP) is 1.89. The fourth-order valence-corrected chi connectivity index (χ4v) is 2.58. The van der Waals surface area contributed by atoms with Gasteiger partial charge in [-0.25, -0.2) is 9.97 Å². The van der Waals surface area contributed by atoms with Crippen LogP contribution in [0.15, 0.2) is 0 Å². The average Bonchev–Trinajstić information content (AvgIpc) is 3.19. The molecule has 104 valence electrons. The molecule has 0 radical (unpaired) electrons. The van der Waals surface area contributed by atoms with Crippen LogP contribution in [-0.2, 0) is 0 Å². The molecule has 0 bridgehead atoms. The van der Waals surface area contributed by atoms with Crippen LogP contribution in [0.3, 0.4) is 0 Å². The monoisotopic (exact) mass is 262 g/mol. The zero-order chi connectivity index (χ0) is 13.4. The summed E-state index contributed by atoms with van der Waals surface area (Å²) in [6.07, 6.45) is 4.14. The Balaban J connectivity index is 1.72. The lowest BCUT2D eigenvalue weighted by atomic mass is 9.82. The van der Waals surface area contributed by atoms with Crippen LogP contribution in [0.25, 0.3) is 0 Å². The van der Waals surface area contributed by atoms with E-state index in [0.29, 0.717) is 11.8 Å². The average molecular weight is 262 g/mol. The van der Waals surface area contributed by atoms with Gasteiger partial charge in [0.1, 0.15) is 17.5 Å². The van der Waals surface area contributed by atoms with Gasteiger partial charge in [-0.05, 0) is 38.5 Å². The van der Waals surface area contributed by atoms with E-state index >= 15 is 0 Å². The Morgan fingerprint density at radius 1 is 1.21 bits per heavy atom. The van der Waals surface area contributed by atoms with Gasteiger partial charge in [0.15, 0.2) is 0 Å². The molecule has 0 unspecified atom stereocenters. The largest absolute Gasteiger partial charge is 0.393 e. The molecule has 19 heavy (non-hydrogen) atoms. The molecule has 5 nitrogen and oxygen atoms in total. The van der Waals surface area contributed by atoms with Gasteiger partial charge >= 0.3 is 0 Å². The number of nitrogens with one attached hydrogen (secondary N) is 2. The van der Waals surface area contributed by atoms with E-state index in [1.165, 1.54) is 12.8 Å². The maximum atomic E-state index is 9.31. The van der Waals surface area contributed by atoms with Crippen LogP contribution in [0.5, 0.6) is 0 Å². The first-order valence-electron chi connectivity index (χ1n) is 7.15. The molecule has 3 N–H and O–H groups in total. The highest BCUT2D eigenvalue weighted by Crippen LogP contribution is 2.39. The third-order valence-electron chi connectivity index (χ3n) is 4.11. The van der Waals surface area contributed by atoms with Crippen LogP contribution in [-0.4, -0.2) is 34.8 Å². The molecule has 0 aliphatic heterocycles. The smallest absolute Gasteiger partial charge is 0.136 e. The van der Waals surface area contributed by atoms with E-state index in [2.05, 4.69) is 20.6 Å². The summed E-state index contributed by atoms with van der Waals surface area (Å²) in [5.74, 6) is 3.97. The van der Waals surface area contributed by atoms with Crippen LogP contribution in [0, 0.1) is 12.8 Å². The summed E-state index contributed by atoms with van der Waals surface area (Å²) in [4.78, 5) is 9.25. The standard InChI is InChI=1S/C14H22N4O/c1-8-12(15-2)17-14(10-3-4-10)18-13(8)16-7-9-5-11(19)6-9/h9-11,19H,3-7H2,1-2H3,(H2,15,16,17,18). The number of rotatable bonds is 5. The predicted molar refractivity (Wildman–Crippen MR) is 75.5 cm³/mol. The minimum Gasteiger partial charge on any atom is -0.393 e. The molecule has 1 heterocycles. The van der Waals surface area contributed by atoms with Crippen LogP contribution in [0.2, 0.25) is 0 Å². The Hall–Kier alpha value is -1.36. The topological polar surface area (TPSA) is 70.1 Å². The quantitative estimate of drug-likeness (QED) is 0.756. The summed E-state index contributed by atoms with van der Waals surface area (Å²) in [6, 6.07) is 0. The van der Waals surface area contributed by atoms with E-state index in [1.807, 2.05) is 14.0 Å². The first-order chi connectivity index (χ1) is 9.17. The molecule has 1 aromatic rings. The molecule has 2 saturated carbocycles. The Kier molecular flexibility index (Phi) is 3.31. The lowest BCUT2D eigenvalue weighted by molar-refractivity contribution is 0.0486. The van der Waals surface area contributed by atoms with E-state index in [0.717, 1.165) is 42.4 Å². The van der Waals surface area contributed by atoms with Crippen molar-refractivity contribution in [1.82, 2.24) is 9.97 Å². The Morgan fingerprint density at radius 2 is 1.89 bits per heavy atom. The van der Waals surface area contributed by atoms with Crippen LogP contribution in [0.4, 0.5) is 11.6 Å². The van der Waals surface area contributed by atoms with Crippen LogP contribution in [0.1, 0.15) is 43.0 Å². The van der Waals surface area contributed by atoms with Crippen LogP contribution < -0.4 is 10.6 Å². The summed E-state index contributed by atoms with van der Waals surface area (Å²) in [7, 11) is 1.90. The highest BCUT2D eigenvalue weighted by molar-refractivity contribution is 5.57. The molecule has 1 aromatic heterocycles. The van der Waals surface area contributed by atoms with Crippen molar-refractivity contribution in [3.05, 3.63) is 11.4 Å². The molecule has 2 aliphatic carbocycles. The van der Waals surface area contributed by atoms with Gasteiger partial charge in [-0.3, -0.25) is 0 Å². The minimum absolute atomic E-state index is 0.0896. The van der Waals surface area contributed by atoms with Gasteiger partial charge < -0.3 is 15.7 Å². The van der Waals surface area contributed by atoms with Crippen molar-refractivity contribution in [1.29, 1.82) is 0 Å². The second-order valence-electron chi connectivity index (χ2n) is 5.80. The van der Waals surface area contributed by atoms with Gasteiger partial charge in [-0.15, -0.1) is 0 Å². The van der Waals surface area contributed by atoms with Gasteiger partial charge in [-0.2, -0.15) is 0 Å². The number of nitrogens with zero attached hydrogens (tertiary/aromatic N) is 2. The van der Waals surface area contributed by atoms with E-state index < -0.39 is 0 Å². The second-order valence-corrected chi connectivity index (χ2v) is 5.80. The van der Waals surface area contributed by atoms with Crippen molar-refractivity contribution < 1.29 is 5.11 Å². The van der Waals surface area contributed by atoms with E-state index in [-0.39, 0.29) is 6.10 Å². The molecule has 3 rings (SSSR count). The molecule has 0 spiro atoms. The summed E-state index contributed by atoms with van der Waals surface area (Å²) in [6.45, 7) is 2.93. The summed E-state index contributed by atoms with van der Waals surface area (Å²) < 4.78 is 0. The molecular formula is C14H22N4O. The van der Waals surface area contributed by atoms with Crippen molar-refractivity contribution in [2.75, 3.05) is 24.2 Å². The first kappa shape index (κ1) is 12.7. The second kappa shape index (κ2) is 4.96. The van der Waals surface area contributed by atoms with Crippen molar-refractivity contribution >= 4 is 11.6 Å². The summed E-state index contributed by atoms with van der Waals surface area (Å²) >= 11 is 0. The van der Waals surface area contributed by atoms with Crippen molar-refractivity contribution in [2.24, 2.45) is 5.92 Å². The van der Waals surface area contributed by atoms with Gasteiger partial charge in [0.05, 0.1) is 6.10 Å². The summed E-state index contributed by atoms with van der Waals surface area (Å²) in [5, 5.41) is 15.9. The Morgan fingerprint density at radius 3 is 2.47 bits per heavy atom. The van der Waals surface area contributed by atoms with E-state index in [9.17, 15) is 5.11 Å². The number of hydrogen-bond acceptors (Lipinski definition) is 5. The highest BCUT2D eigenvalue weighted by atomic mass is 16.3. The molecule has 0 atom stereocenters. The van der Waals surface area contributed by atoms with Crippen LogP contribution >= 0.6 is 0 Å². The number of anilines is 2. The van der Waals surface area contributed by atoms with Gasteiger partial charge in [0.25, 0.3) is 0 Å². The molecule has 2 fully saturated rings. The molecule has 0 amide bonds. The molecule has 2 aliphatic rings. The lowest BCUT2D eigenvalue weighted by Crippen LogP contribution is -2.33. The normalized spacial score (nSPS) is 25.8. The zero-order valence-corrected chi connectivity index (χ0v) is 11.6. The van der Waals surface area contributed by atoms with Crippen molar-refractivity contribution in [3.8, 4) is 0 Å². The number of aliphatic hydroxyl groups is 1. The maximum absolute atomic E-state index is 9.31. The van der Waals surface area contributed by atoms with E-state index in [4.69, 9.17) is 0 Å². The zero-order valence-electron chi connectivity index (χ0n) is 11.6. The lowest BCUT2D eigenvalue weighted by Gasteiger charge is -2.31. The number of hydrogen-bond donors (Lipinski definition) is 3. The number of aromatic nitrogens is 2. The van der Waals surface area contributed by atoms with Gasteiger partial charge in [0.2, 0.25) is 0 Å². The van der Waals surface area contributed by atoms with Crippen molar-refractivity contribution in [2.45, 2.75) is 44.6 Å². The highest BCUT2D eigenvalue weighted by Gasteiger charge is 2.29. The third kappa shape index (κ3) is 2.66. The SMILES string of the molecule is CNc1nc(C2CC2)nc(NCC2CC(O)C2)c1C. The summed E-state index contributed by atoms with van der Waals surface area (Å²) in [5.41, 5.74) is 1.08.